The first-order chi connectivity index (χ1) is 10.7. The Labute approximate surface area is 145 Å². The fourth-order valence-electron chi connectivity index (χ4n) is 2.18. The number of amides is 1. The van der Waals surface area contributed by atoms with E-state index in [0.717, 1.165) is 11.4 Å². The van der Waals surface area contributed by atoms with Crippen molar-refractivity contribution < 1.29 is 9.53 Å². The SMILES string of the molecule is Cc1ccc(Cc2nnc(NC(=O)C3COCCN3)s2)cc1.Cl. The zero-order valence-electron chi connectivity index (χ0n) is 12.7. The van der Waals surface area contributed by atoms with Crippen molar-refractivity contribution in [2.24, 2.45) is 0 Å². The maximum atomic E-state index is 12.1. The van der Waals surface area contributed by atoms with Crippen LogP contribution in [0.3, 0.4) is 0 Å². The van der Waals surface area contributed by atoms with Gasteiger partial charge in [-0.2, -0.15) is 0 Å². The number of ether oxygens (including phenoxy) is 1. The molecule has 6 nitrogen and oxygen atoms in total. The number of anilines is 1. The Kier molecular flexibility index (Phi) is 6.47. The summed E-state index contributed by atoms with van der Waals surface area (Å²) in [6.07, 6.45) is 0.721. The first-order valence-corrected chi connectivity index (χ1v) is 8.02. The van der Waals surface area contributed by atoms with E-state index < -0.39 is 0 Å². The van der Waals surface area contributed by atoms with Gasteiger partial charge in [0.15, 0.2) is 0 Å². The number of halogens is 1. The van der Waals surface area contributed by atoms with Crippen LogP contribution in [0.1, 0.15) is 16.1 Å². The quantitative estimate of drug-likeness (QED) is 0.875. The van der Waals surface area contributed by atoms with Gasteiger partial charge in [-0.05, 0) is 12.5 Å². The number of nitrogens with one attached hydrogen (secondary N) is 2. The summed E-state index contributed by atoms with van der Waals surface area (Å²) in [4.78, 5) is 12.1. The fraction of sp³-hybridized carbons (Fsp3) is 0.400. The molecule has 1 amide bonds. The maximum absolute atomic E-state index is 12.1. The number of nitrogens with zero attached hydrogens (tertiary/aromatic N) is 2. The Morgan fingerprint density at radius 3 is 2.87 bits per heavy atom. The summed E-state index contributed by atoms with van der Waals surface area (Å²) in [6.45, 7) is 3.78. The Morgan fingerprint density at radius 1 is 1.39 bits per heavy atom. The number of benzene rings is 1. The third kappa shape index (κ3) is 4.97. The molecule has 1 unspecified atom stereocenters. The monoisotopic (exact) mass is 354 g/mol. The smallest absolute Gasteiger partial charge is 0.245 e. The molecule has 1 aliphatic heterocycles. The lowest BCUT2D eigenvalue weighted by atomic mass is 10.1. The van der Waals surface area contributed by atoms with E-state index in [-0.39, 0.29) is 24.4 Å². The van der Waals surface area contributed by atoms with E-state index in [0.29, 0.717) is 24.9 Å². The average molecular weight is 355 g/mol. The maximum Gasteiger partial charge on any atom is 0.245 e. The predicted octanol–water partition coefficient (Wildman–Crippen LogP) is 1.79. The summed E-state index contributed by atoms with van der Waals surface area (Å²) in [5.74, 6) is -0.127. The van der Waals surface area contributed by atoms with Crippen molar-refractivity contribution in [1.82, 2.24) is 15.5 Å². The predicted molar refractivity (Wildman–Crippen MR) is 92.4 cm³/mol. The third-order valence-electron chi connectivity index (χ3n) is 3.41. The highest BCUT2D eigenvalue weighted by Crippen LogP contribution is 2.19. The van der Waals surface area contributed by atoms with Gasteiger partial charge in [0.05, 0.1) is 13.2 Å². The molecule has 0 radical (unpaired) electrons. The second-order valence-electron chi connectivity index (χ2n) is 5.23. The minimum atomic E-state index is -0.321. The first-order valence-electron chi connectivity index (χ1n) is 7.20. The standard InChI is InChI=1S/C15H18N4O2S.ClH/c1-10-2-4-11(5-3-10)8-13-18-19-15(22-13)17-14(20)12-9-21-7-6-16-12;/h2-5,12,16H,6-9H2,1H3,(H,17,19,20);1H. The van der Waals surface area contributed by atoms with Crippen molar-refractivity contribution in [3.8, 4) is 0 Å². The highest BCUT2D eigenvalue weighted by atomic mass is 35.5. The largest absolute Gasteiger partial charge is 0.378 e. The Hall–Kier alpha value is -1.54. The van der Waals surface area contributed by atoms with Crippen molar-refractivity contribution in [2.75, 3.05) is 25.1 Å². The summed E-state index contributed by atoms with van der Waals surface area (Å²) in [5.41, 5.74) is 2.41. The molecular weight excluding hydrogens is 336 g/mol. The molecule has 23 heavy (non-hydrogen) atoms. The number of aromatic nitrogens is 2. The van der Waals surface area contributed by atoms with Gasteiger partial charge in [-0.1, -0.05) is 41.2 Å². The van der Waals surface area contributed by atoms with Gasteiger partial charge in [-0.3, -0.25) is 10.1 Å². The first kappa shape index (κ1) is 17.8. The van der Waals surface area contributed by atoms with E-state index in [1.165, 1.54) is 22.5 Å². The normalized spacial score (nSPS) is 17.3. The molecular formula is C15H19ClN4O2S. The van der Waals surface area contributed by atoms with Crippen LogP contribution in [0, 0.1) is 6.92 Å². The van der Waals surface area contributed by atoms with Crippen LogP contribution in [0.4, 0.5) is 5.13 Å². The molecule has 1 aromatic carbocycles. The van der Waals surface area contributed by atoms with Crippen molar-refractivity contribution in [3.05, 3.63) is 40.4 Å². The second kappa shape index (κ2) is 8.35. The Bertz CT molecular complexity index is 641. The van der Waals surface area contributed by atoms with Crippen molar-refractivity contribution >= 4 is 34.8 Å². The Morgan fingerprint density at radius 2 is 2.17 bits per heavy atom. The number of carbonyl (C=O) groups is 1. The molecule has 1 fully saturated rings. The van der Waals surface area contributed by atoms with Gasteiger partial charge in [0.25, 0.3) is 0 Å². The van der Waals surface area contributed by atoms with E-state index in [2.05, 4.69) is 52.0 Å². The van der Waals surface area contributed by atoms with Gasteiger partial charge in [-0.15, -0.1) is 22.6 Å². The van der Waals surface area contributed by atoms with Crippen LogP contribution in [-0.2, 0) is 16.0 Å². The lowest BCUT2D eigenvalue weighted by Crippen LogP contribution is -2.48. The number of rotatable bonds is 4. The van der Waals surface area contributed by atoms with E-state index in [1.54, 1.807) is 0 Å². The molecule has 3 rings (SSSR count). The Balaban J connectivity index is 0.00000192. The zero-order chi connectivity index (χ0) is 15.4. The molecule has 1 saturated heterocycles. The molecule has 0 saturated carbocycles. The van der Waals surface area contributed by atoms with Crippen molar-refractivity contribution in [1.29, 1.82) is 0 Å². The van der Waals surface area contributed by atoms with Crippen LogP contribution in [0.25, 0.3) is 0 Å². The average Bonchev–Trinajstić information content (AvgIpc) is 2.97. The molecule has 2 N–H and O–H groups in total. The topological polar surface area (TPSA) is 76.1 Å². The number of hydrogen-bond acceptors (Lipinski definition) is 6. The molecule has 0 aliphatic carbocycles. The third-order valence-corrected chi connectivity index (χ3v) is 4.25. The van der Waals surface area contributed by atoms with E-state index in [9.17, 15) is 4.79 Å². The summed E-state index contributed by atoms with van der Waals surface area (Å²) >= 11 is 1.40. The van der Waals surface area contributed by atoms with Crippen LogP contribution < -0.4 is 10.6 Å². The van der Waals surface area contributed by atoms with Gasteiger partial charge in [0.1, 0.15) is 11.0 Å². The van der Waals surface area contributed by atoms with Gasteiger partial charge in [0.2, 0.25) is 11.0 Å². The molecule has 124 valence electrons. The number of morpholine rings is 1. The van der Waals surface area contributed by atoms with Crippen LogP contribution >= 0.6 is 23.7 Å². The summed E-state index contributed by atoms with van der Waals surface area (Å²) in [7, 11) is 0. The van der Waals surface area contributed by atoms with Crippen molar-refractivity contribution in [3.63, 3.8) is 0 Å². The zero-order valence-corrected chi connectivity index (χ0v) is 14.4. The van der Waals surface area contributed by atoms with Gasteiger partial charge in [0, 0.05) is 13.0 Å². The molecule has 2 heterocycles. The molecule has 1 atom stereocenters. The van der Waals surface area contributed by atoms with Gasteiger partial charge in [-0.25, -0.2) is 0 Å². The highest BCUT2D eigenvalue weighted by Gasteiger charge is 2.22. The fourth-order valence-corrected chi connectivity index (χ4v) is 2.96. The van der Waals surface area contributed by atoms with Crippen molar-refractivity contribution in [2.45, 2.75) is 19.4 Å². The van der Waals surface area contributed by atoms with Gasteiger partial charge >= 0.3 is 0 Å². The van der Waals surface area contributed by atoms with E-state index in [1.807, 2.05) is 0 Å². The molecule has 0 spiro atoms. The summed E-state index contributed by atoms with van der Waals surface area (Å²) in [5, 5.41) is 15.5. The number of carbonyl (C=O) groups excluding carboxylic acids is 1. The van der Waals surface area contributed by atoms with Crippen LogP contribution in [0.2, 0.25) is 0 Å². The molecule has 1 aromatic heterocycles. The van der Waals surface area contributed by atoms with Crippen LogP contribution in [0.15, 0.2) is 24.3 Å². The lowest BCUT2D eigenvalue weighted by molar-refractivity contribution is -0.120. The minimum absolute atomic E-state index is 0. The van der Waals surface area contributed by atoms with E-state index in [4.69, 9.17) is 4.74 Å². The van der Waals surface area contributed by atoms with Crippen LogP contribution in [-0.4, -0.2) is 41.9 Å². The molecule has 2 aromatic rings. The summed E-state index contributed by atoms with van der Waals surface area (Å²) < 4.78 is 5.28. The second-order valence-corrected chi connectivity index (χ2v) is 6.30. The number of aryl methyl sites for hydroxylation is 1. The van der Waals surface area contributed by atoms with E-state index >= 15 is 0 Å². The number of hydrogen-bond donors (Lipinski definition) is 2. The van der Waals surface area contributed by atoms with Gasteiger partial charge < -0.3 is 10.1 Å². The molecule has 8 heteroatoms. The summed E-state index contributed by atoms with van der Waals surface area (Å²) in [6, 6.07) is 8.00. The van der Waals surface area contributed by atoms with Crippen LogP contribution in [0.5, 0.6) is 0 Å². The molecule has 1 aliphatic rings. The highest BCUT2D eigenvalue weighted by molar-refractivity contribution is 7.15. The lowest BCUT2D eigenvalue weighted by Gasteiger charge is -2.22. The molecule has 0 bridgehead atoms. The minimum Gasteiger partial charge on any atom is -0.378 e.